The van der Waals surface area contributed by atoms with Crippen molar-refractivity contribution in [2.75, 3.05) is 6.54 Å². The summed E-state index contributed by atoms with van der Waals surface area (Å²) >= 11 is 3.49. The average molecular weight is 320 g/mol. The molecule has 3 rings (SSSR count). The monoisotopic (exact) mass is 319 g/mol. The average Bonchev–Trinajstić information content (AvgIpc) is 2.36. The molecule has 0 aromatic heterocycles. The number of benzene rings is 2. The van der Waals surface area contributed by atoms with Crippen molar-refractivity contribution in [2.24, 2.45) is 0 Å². The van der Waals surface area contributed by atoms with E-state index in [9.17, 15) is 0 Å². The van der Waals surface area contributed by atoms with Crippen LogP contribution in [-0.2, 0) is 0 Å². The Morgan fingerprint density at radius 2 is 1.89 bits per heavy atom. The van der Waals surface area contributed by atoms with Gasteiger partial charge in [-0.05, 0) is 54.4 Å². The summed E-state index contributed by atoms with van der Waals surface area (Å²) in [6.45, 7) is 3.19. The van der Waals surface area contributed by atoms with Crippen molar-refractivity contribution in [1.82, 2.24) is 5.32 Å². The number of nitrogens with one attached hydrogen (secondary N) is 1. The lowest BCUT2D eigenvalue weighted by Gasteiger charge is -2.35. The molecule has 0 spiro atoms. The number of rotatable bonds is 4. The summed E-state index contributed by atoms with van der Waals surface area (Å²) in [5.74, 6) is 0.981. The lowest BCUT2D eigenvalue weighted by atomic mass is 9.89. The van der Waals surface area contributed by atoms with Gasteiger partial charge in [-0.3, -0.25) is 0 Å². The van der Waals surface area contributed by atoms with Crippen LogP contribution < -0.4 is 10.1 Å². The van der Waals surface area contributed by atoms with Gasteiger partial charge in [-0.15, -0.1) is 0 Å². The quantitative estimate of drug-likeness (QED) is 0.915. The molecule has 0 bridgehead atoms. The van der Waals surface area contributed by atoms with E-state index >= 15 is 0 Å². The van der Waals surface area contributed by atoms with Gasteiger partial charge in [0.15, 0.2) is 0 Å². The van der Waals surface area contributed by atoms with Gasteiger partial charge in [0.1, 0.15) is 11.9 Å². The summed E-state index contributed by atoms with van der Waals surface area (Å²) in [4.78, 5) is 0. The van der Waals surface area contributed by atoms with Crippen LogP contribution in [0, 0.1) is 0 Å². The van der Waals surface area contributed by atoms with Gasteiger partial charge in [0.05, 0.1) is 0 Å². The molecule has 0 atom stereocenters. The molecule has 3 heteroatoms. The summed E-state index contributed by atoms with van der Waals surface area (Å²) in [5, 5.41) is 5.91. The van der Waals surface area contributed by atoms with Crippen LogP contribution in [0.2, 0.25) is 0 Å². The largest absolute Gasteiger partial charge is 0.490 e. The third kappa shape index (κ3) is 2.93. The second-order valence-electron chi connectivity index (χ2n) is 5.12. The van der Waals surface area contributed by atoms with E-state index in [2.05, 4.69) is 64.6 Å². The number of fused-ring (bicyclic) bond motifs is 1. The van der Waals surface area contributed by atoms with E-state index in [0.717, 1.165) is 29.6 Å². The summed E-state index contributed by atoms with van der Waals surface area (Å²) in [6.07, 6.45) is 2.61. The van der Waals surface area contributed by atoms with Gasteiger partial charge in [-0.25, -0.2) is 0 Å². The van der Waals surface area contributed by atoms with Gasteiger partial charge in [-0.1, -0.05) is 35.0 Å². The van der Waals surface area contributed by atoms with Crippen molar-refractivity contribution in [3.05, 3.63) is 40.9 Å². The van der Waals surface area contributed by atoms with Gasteiger partial charge < -0.3 is 10.1 Å². The van der Waals surface area contributed by atoms with Crippen LogP contribution in [0.5, 0.6) is 5.75 Å². The van der Waals surface area contributed by atoms with Crippen LogP contribution in [0.15, 0.2) is 40.9 Å². The molecule has 2 aromatic rings. The molecule has 1 aliphatic carbocycles. The van der Waals surface area contributed by atoms with E-state index in [-0.39, 0.29) is 0 Å². The molecule has 1 N–H and O–H groups in total. The number of ether oxygens (including phenoxy) is 1. The second kappa shape index (κ2) is 5.51. The van der Waals surface area contributed by atoms with Gasteiger partial charge in [0.25, 0.3) is 0 Å². The Bertz CT molecular complexity index is 578. The van der Waals surface area contributed by atoms with Crippen molar-refractivity contribution in [3.63, 3.8) is 0 Å². The van der Waals surface area contributed by atoms with Crippen LogP contribution in [0.1, 0.15) is 19.8 Å². The molecule has 0 unspecified atom stereocenters. The third-order valence-corrected chi connectivity index (χ3v) is 4.16. The molecule has 0 amide bonds. The Morgan fingerprint density at radius 3 is 2.68 bits per heavy atom. The minimum atomic E-state index is 0.372. The van der Waals surface area contributed by atoms with Crippen molar-refractivity contribution >= 4 is 26.7 Å². The zero-order chi connectivity index (χ0) is 13.2. The van der Waals surface area contributed by atoms with E-state index in [1.54, 1.807) is 0 Å². The molecule has 0 radical (unpaired) electrons. The topological polar surface area (TPSA) is 21.3 Å². The Hall–Kier alpha value is -1.06. The Kier molecular flexibility index (Phi) is 3.76. The maximum atomic E-state index is 6.01. The zero-order valence-electron chi connectivity index (χ0n) is 11.0. The minimum absolute atomic E-state index is 0.372. The highest BCUT2D eigenvalue weighted by molar-refractivity contribution is 9.10. The molecule has 1 fully saturated rings. The first-order chi connectivity index (χ1) is 9.24. The normalized spacial score (nSPS) is 22.2. The number of hydrogen-bond donors (Lipinski definition) is 1. The highest BCUT2D eigenvalue weighted by Crippen LogP contribution is 2.29. The molecular formula is C16H18BrNO. The second-order valence-corrected chi connectivity index (χ2v) is 6.03. The van der Waals surface area contributed by atoms with Crippen LogP contribution in [-0.4, -0.2) is 18.7 Å². The Labute approximate surface area is 122 Å². The molecular weight excluding hydrogens is 302 g/mol. The maximum Gasteiger partial charge on any atom is 0.120 e. The molecule has 0 saturated heterocycles. The van der Waals surface area contributed by atoms with E-state index in [0.29, 0.717) is 12.1 Å². The summed E-state index contributed by atoms with van der Waals surface area (Å²) in [5.41, 5.74) is 0. The van der Waals surface area contributed by atoms with Gasteiger partial charge in [-0.2, -0.15) is 0 Å². The maximum absolute atomic E-state index is 6.01. The number of hydrogen-bond acceptors (Lipinski definition) is 2. The molecule has 0 heterocycles. The van der Waals surface area contributed by atoms with E-state index < -0.39 is 0 Å². The van der Waals surface area contributed by atoms with Crippen molar-refractivity contribution < 1.29 is 4.74 Å². The fraction of sp³-hybridized carbons (Fsp3) is 0.375. The SMILES string of the molecule is CCNC1CC(Oc2ccc3cc(Br)ccc3c2)C1. The Balaban J connectivity index is 1.67. The lowest BCUT2D eigenvalue weighted by Crippen LogP contribution is -2.46. The molecule has 0 aliphatic heterocycles. The van der Waals surface area contributed by atoms with Crippen LogP contribution in [0.3, 0.4) is 0 Å². The van der Waals surface area contributed by atoms with E-state index in [1.165, 1.54) is 10.8 Å². The molecule has 1 saturated carbocycles. The fourth-order valence-electron chi connectivity index (χ4n) is 2.58. The number of halogens is 1. The summed E-state index contributed by atoms with van der Waals surface area (Å²) in [6, 6.07) is 13.3. The van der Waals surface area contributed by atoms with E-state index in [4.69, 9.17) is 4.74 Å². The van der Waals surface area contributed by atoms with Gasteiger partial charge in [0.2, 0.25) is 0 Å². The molecule has 19 heavy (non-hydrogen) atoms. The highest BCUT2D eigenvalue weighted by Gasteiger charge is 2.29. The van der Waals surface area contributed by atoms with Gasteiger partial charge in [0, 0.05) is 10.5 Å². The van der Waals surface area contributed by atoms with Crippen LogP contribution >= 0.6 is 15.9 Å². The van der Waals surface area contributed by atoms with E-state index in [1.807, 2.05) is 0 Å². The smallest absolute Gasteiger partial charge is 0.120 e. The first-order valence-corrected chi connectivity index (χ1v) is 7.63. The zero-order valence-corrected chi connectivity index (χ0v) is 12.6. The highest BCUT2D eigenvalue weighted by atomic mass is 79.9. The standard InChI is InChI=1S/C16H18BrNO/c1-2-18-14-9-16(10-14)19-15-6-4-11-7-13(17)5-3-12(11)8-15/h3-8,14,16,18H,2,9-10H2,1H3. The molecule has 1 aliphatic rings. The molecule has 100 valence electrons. The Morgan fingerprint density at radius 1 is 1.16 bits per heavy atom. The van der Waals surface area contributed by atoms with Crippen molar-refractivity contribution in [1.29, 1.82) is 0 Å². The predicted molar refractivity (Wildman–Crippen MR) is 82.8 cm³/mol. The third-order valence-electron chi connectivity index (χ3n) is 3.66. The van der Waals surface area contributed by atoms with Crippen LogP contribution in [0.25, 0.3) is 10.8 Å². The fourth-order valence-corrected chi connectivity index (χ4v) is 2.96. The molecule has 2 aromatic carbocycles. The lowest BCUT2D eigenvalue weighted by molar-refractivity contribution is 0.0861. The molecule has 2 nitrogen and oxygen atoms in total. The summed E-state index contributed by atoms with van der Waals surface area (Å²) in [7, 11) is 0. The van der Waals surface area contributed by atoms with Crippen LogP contribution in [0.4, 0.5) is 0 Å². The first kappa shape index (κ1) is 12.9. The van der Waals surface area contributed by atoms with Gasteiger partial charge >= 0.3 is 0 Å². The minimum Gasteiger partial charge on any atom is -0.490 e. The first-order valence-electron chi connectivity index (χ1n) is 6.84. The predicted octanol–water partition coefficient (Wildman–Crippen LogP) is 4.12. The van der Waals surface area contributed by atoms with Crippen molar-refractivity contribution in [3.8, 4) is 5.75 Å². The van der Waals surface area contributed by atoms with Crippen molar-refractivity contribution in [2.45, 2.75) is 31.9 Å². The summed E-state index contributed by atoms with van der Waals surface area (Å²) < 4.78 is 7.13.